The van der Waals surface area contributed by atoms with E-state index in [1.165, 1.54) is 0 Å². The van der Waals surface area contributed by atoms with Crippen molar-refractivity contribution in [2.75, 3.05) is 25.1 Å². The summed E-state index contributed by atoms with van der Waals surface area (Å²) in [7, 11) is 0. The summed E-state index contributed by atoms with van der Waals surface area (Å²) in [4.78, 5) is 10.4. The number of benzene rings is 2. The van der Waals surface area contributed by atoms with Crippen molar-refractivity contribution in [1.29, 1.82) is 0 Å². The minimum Gasteiger partial charge on any atom is -0.480 e. The summed E-state index contributed by atoms with van der Waals surface area (Å²) in [6.07, 6.45) is -4.49. The van der Waals surface area contributed by atoms with Gasteiger partial charge in [0.1, 0.15) is 18.1 Å². The second kappa shape index (κ2) is 9.29. The molecule has 0 unspecified atom stereocenters. The number of hydrogen-bond acceptors (Lipinski definition) is 4. The van der Waals surface area contributed by atoms with E-state index in [1.807, 2.05) is 0 Å². The highest BCUT2D eigenvalue weighted by atomic mass is 79.9. The number of carboxylic acids is 1. The van der Waals surface area contributed by atoms with Gasteiger partial charge >= 0.3 is 12.1 Å². The maximum atomic E-state index is 12.7. The van der Waals surface area contributed by atoms with Gasteiger partial charge in [0.25, 0.3) is 0 Å². The molecule has 2 aromatic carbocycles. The van der Waals surface area contributed by atoms with Crippen LogP contribution < -0.4 is 10.1 Å². The lowest BCUT2D eigenvalue weighted by molar-refractivity contribution is -0.142. The summed E-state index contributed by atoms with van der Waals surface area (Å²) in [5.41, 5.74) is -0.228. The molecule has 2 aromatic rings. The topological polar surface area (TPSA) is 67.8 Å². The van der Waals surface area contributed by atoms with Gasteiger partial charge in [-0.25, -0.2) is 4.79 Å². The van der Waals surface area contributed by atoms with Crippen LogP contribution >= 0.6 is 27.5 Å². The van der Waals surface area contributed by atoms with Gasteiger partial charge < -0.3 is 19.9 Å². The Morgan fingerprint density at radius 3 is 2.59 bits per heavy atom. The van der Waals surface area contributed by atoms with E-state index in [1.54, 1.807) is 18.2 Å². The summed E-state index contributed by atoms with van der Waals surface area (Å²) in [5.74, 6) is -0.614. The van der Waals surface area contributed by atoms with Crippen LogP contribution in [0.5, 0.6) is 11.5 Å². The number of alkyl halides is 3. The van der Waals surface area contributed by atoms with Crippen LogP contribution in [0, 0.1) is 0 Å². The van der Waals surface area contributed by atoms with Crippen molar-refractivity contribution in [1.82, 2.24) is 0 Å². The van der Waals surface area contributed by atoms with Crippen LogP contribution in [0.4, 0.5) is 18.9 Å². The number of nitrogens with one attached hydrogen (secondary N) is 1. The van der Waals surface area contributed by atoms with Crippen LogP contribution in [-0.4, -0.2) is 30.8 Å². The lowest BCUT2D eigenvalue weighted by atomic mass is 10.2. The second-order valence-electron chi connectivity index (χ2n) is 5.26. The maximum absolute atomic E-state index is 12.7. The molecule has 2 rings (SSSR count). The molecule has 146 valence electrons. The Kier molecular flexibility index (Phi) is 7.34. The first kappa shape index (κ1) is 21.3. The van der Waals surface area contributed by atoms with Crippen LogP contribution in [0.2, 0.25) is 5.02 Å². The number of ether oxygens (including phenoxy) is 2. The maximum Gasteiger partial charge on any atom is 0.416 e. The van der Waals surface area contributed by atoms with Gasteiger partial charge in [0.05, 0.1) is 22.9 Å². The van der Waals surface area contributed by atoms with Crippen LogP contribution in [0.1, 0.15) is 5.56 Å². The van der Waals surface area contributed by atoms with Gasteiger partial charge in [0, 0.05) is 17.1 Å². The molecule has 27 heavy (non-hydrogen) atoms. The zero-order valence-electron chi connectivity index (χ0n) is 13.6. The van der Waals surface area contributed by atoms with Gasteiger partial charge in [-0.3, -0.25) is 0 Å². The number of halogens is 5. The van der Waals surface area contributed by atoms with E-state index in [4.69, 9.17) is 26.2 Å². The van der Waals surface area contributed by atoms with Crippen molar-refractivity contribution in [2.45, 2.75) is 6.18 Å². The molecule has 0 atom stereocenters. The highest BCUT2D eigenvalue weighted by Gasteiger charge is 2.31. The number of carbonyl (C=O) groups is 1. The van der Waals surface area contributed by atoms with E-state index in [0.29, 0.717) is 22.5 Å². The standard InChI is InChI=1S/C17H14BrClF3NO4/c18-12-3-2-11(8-14(12)23-5-6-26-9-16(24)25)27-15-4-1-10(7-13(15)19)17(20,21)22/h1-4,7-8,23H,5-6,9H2,(H,24,25). The molecule has 0 bridgehead atoms. The predicted octanol–water partition coefficient (Wildman–Crippen LogP) is 5.43. The zero-order valence-corrected chi connectivity index (χ0v) is 16.0. The molecule has 0 radical (unpaired) electrons. The van der Waals surface area contributed by atoms with E-state index >= 15 is 0 Å². The van der Waals surface area contributed by atoms with Crippen LogP contribution in [0.25, 0.3) is 0 Å². The van der Waals surface area contributed by atoms with Crippen LogP contribution in [-0.2, 0) is 15.7 Å². The minimum atomic E-state index is -4.49. The third-order valence-electron chi connectivity index (χ3n) is 3.21. The molecular weight excluding hydrogens is 455 g/mol. The first-order chi connectivity index (χ1) is 12.7. The Morgan fingerprint density at radius 1 is 1.22 bits per heavy atom. The highest BCUT2D eigenvalue weighted by Crippen LogP contribution is 2.37. The van der Waals surface area contributed by atoms with Crippen molar-refractivity contribution in [2.24, 2.45) is 0 Å². The van der Waals surface area contributed by atoms with Gasteiger partial charge in [-0.2, -0.15) is 13.2 Å². The Hall–Kier alpha value is -1.97. The van der Waals surface area contributed by atoms with Crippen molar-refractivity contribution in [3.05, 3.63) is 51.5 Å². The number of carboxylic acid groups (broad SMARTS) is 1. The first-order valence-corrected chi connectivity index (χ1v) is 8.71. The monoisotopic (exact) mass is 467 g/mol. The molecule has 0 aliphatic heterocycles. The fraction of sp³-hybridized carbons (Fsp3) is 0.235. The average Bonchev–Trinajstić information content (AvgIpc) is 2.57. The van der Waals surface area contributed by atoms with E-state index in [2.05, 4.69) is 21.2 Å². The molecule has 0 fully saturated rings. The molecule has 0 spiro atoms. The molecule has 0 amide bonds. The molecule has 5 nitrogen and oxygen atoms in total. The van der Waals surface area contributed by atoms with Gasteiger partial charge in [0.15, 0.2) is 0 Å². The Morgan fingerprint density at radius 2 is 1.96 bits per heavy atom. The predicted molar refractivity (Wildman–Crippen MR) is 97.6 cm³/mol. The summed E-state index contributed by atoms with van der Waals surface area (Å²) in [6, 6.07) is 7.76. The molecular formula is C17H14BrClF3NO4. The molecule has 0 heterocycles. The first-order valence-electron chi connectivity index (χ1n) is 7.54. The number of anilines is 1. The molecule has 0 aliphatic rings. The molecule has 10 heteroatoms. The molecule has 0 aliphatic carbocycles. The summed E-state index contributed by atoms with van der Waals surface area (Å²) in [5, 5.41) is 11.4. The Bertz CT molecular complexity index is 817. The van der Waals surface area contributed by atoms with Gasteiger partial charge in [-0.15, -0.1) is 0 Å². The third-order valence-corrected chi connectivity index (χ3v) is 4.20. The normalized spacial score (nSPS) is 11.3. The van der Waals surface area contributed by atoms with E-state index in [9.17, 15) is 18.0 Å². The number of aliphatic carboxylic acids is 1. The van der Waals surface area contributed by atoms with E-state index < -0.39 is 24.3 Å². The van der Waals surface area contributed by atoms with Gasteiger partial charge in [0.2, 0.25) is 0 Å². The molecule has 0 aromatic heterocycles. The largest absolute Gasteiger partial charge is 0.480 e. The molecule has 0 saturated carbocycles. The quantitative estimate of drug-likeness (QED) is 0.506. The lowest BCUT2D eigenvalue weighted by Gasteiger charge is -2.13. The van der Waals surface area contributed by atoms with Crippen molar-refractivity contribution in [3.8, 4) is 11.5 Å². The van der Waals surface area contributed by atoms with Crippen LogP contribution in [0.3, 0.4) is 0 Å². The van der Waals surface area contributed by atoms with E-state index in [0.717, 1.165) is 18.2 Å². The fourth-order valence-corrected chi connectivity index (χ4v) is 2.61. The highest BCUT2D eigenvalue weighted by molar-refractivity contribution is 9.10. The fourth-order valence-electron chi connectivity index (χ4n) is 2.01. The lowest BCUT2D eigenvalue weighted by Crippen LogP contribution is -2.14. The Balaban J connectivity index is 2.04. The third kappa shape index (κ3) is 6.60. The minimum absolute atomic E-state index is 0.0859. The van der Waals surface area contributed by atoms with Crippen LogP contribution in [0.15, 0.2) is 40.9 Å². The smallest absolute Gasteiger partial charge is 0.416 e. The average molecular weight is 469 g/mol. The second-order valence-corrected chi connectivity index (χ2v) is 6.52. The summed E-state index contributed by atoms with van der Waals surface area (Å²) < 4.78 is 49.3. The van der Waals surface area contributed by atoms with Gasteiger partial charge in [-0.05, 0) is 46.3 Å². The number of rotatable bonds is 8. The van der Waals surface area contributed by atoms with Crippen molar-refractivity contribution in [3.63, 3.8) is 0 Å². The zero-order chi connectivity index (χ0) is 20.0. The number of hydrogen-bond donors (Lipinski definition) is 2. The van der Waals surface area contributed by atoms with Crippen molar-refractivity contribution >= 4 is 39.2 Å². The SMILES string of the molecule is O=C(O)COCCNc1cc(Oc2ccc(C(F)(F)F)cc2Cl)ccc1Br. The molecule has 2 N–H and O–H groups in total. The Labute approximate surface area is 166 Å². The summed E-state index contributed by atoms with van der Waals surface area (Å²) in [6.45, 7) is 0.128. The van der Waals surface area contributed by atoms with Crippen molar-refractivity contribution < 1.29 is 32.5 Å². The summed E-state index contributed by atoms with van der Waals surface area (Å²) >= 11 is 9.24. The van der Waals surface area contributed by atoms with Gasteiger partial charge in [-0.1, -0.05) is 11.6 Å². The van der Waals surface area contributed by atoms with E-state index in [-0.39, 0.29) is 17.4 Å². The molecule has 0 saturated heterocycles.